The Morgan fingerprint density at radius 2 is 1.69 bits per heavy atom. The molecule has 1 heterocycles. The first-order valence-electron chi connectivity index (χ1n) is 5.68. The van der Waals surface area contributed by atoms with Crippen molar-refractivity contribution in [1.29, 1.82) is 0 Å². The van der Waals surface area contributed by atoms with Crippen LogP contribution >= 0.6 is 23.2 Å². The first kappa shape index (κ1) is 12.0. The predicted molar refractivity (Wildman–Crippen MR) is 70.8 cm³/mol. The summed E-state index contributed by atoms with van der Waals surface area (Å²) in [4.78, 5) is 2.38. The molecule has 0 bridgehead atoms. The SMILES string of the molecule is Clc1ccc(N2CCCNCCC2)cc1Cl. The Labute approximate surface area is 107 Å². The van der Waals surface area contributed by atoms with E-state index in [2.05, 4.69) is 10.2 Å². The van der Waals surface area contributed by atoms with Crippen LogP contribution in [0.25, 0.3) is 0 Å². The maximum Gasteiger partial charge on any atom is 0.0612 e. The third-order valence-corrected chi connectivity index (χ3v) is 3.57. The zero-order valence-corrected chi connectivity index (χ0v) is 10.7. The molecule has 4 heteroatoms. The average molecular weight is 259 g/mol. The van der Waals surface area contributed by atoms with Crippen molar-refractivity contribution in [3.8, 4) is 0 Å². The number of anilines is 1. The van der Waals surface area contributed by atoms with Gasteiger partial charge in [-0.25, -0.2) is 0 Å². The highest BCUT2D eigenvalue weighted by Crippen LogP contribution is 2.27. The molecule has 0 radical (unpaired) electrons. The van der Waals surface area contributed by atoms with E-state index < -0.39 is 0 Å². The van der Waals surface area contributed by atoms with E-state index in [-0.39, 0.29) is 0 Å². The monoisotopic (exact) mass is 258 g/mol. The van der Waals surface area contributed by atoms with Gasteiger partial charge in [-0.3, -0.25) is 0 Å². The standard InChI is InChI=1S/C12H16Cl2N2/c13-11-4-3-10(9-12(11)14)16-7-1-5-15-6-2-8-16/h3-4,9,15H,1-2,5-8H2. The predicted octanol–water partition coefficient (Wildman–Crippen LogP) is 3.18. The molecule has 0 saturated carbocycles. The van der Waals surface area contributed by atoms with Crippen molar-refractivity contribution in [2.45, 2.75) is 12.8 Å². The summed E-state index contributed by atoms with van der Waals surface area (Å²) in [5, 5.41) is 4.67. The molecule has 1 aromatic rings. The summed E-state index contributed by atoms with van der Waals surface area (Å²) in [5.74, 6) is 0. The molecule has 0 amide bonds. The van der Waals surface area contributed by atoms with Crippen molar-refractivity contribution in [2.24, 2.45) is 0 Å². The van der Waals surface area contributed by atoms with Crippen LogP contribution < -0.4 is 10.2 Å². The van der Waals surface area contributed by atoms with Gasteiger partial charge in [0, 0.05) is 18.8 Å². The highest BCUT2D eigenvalue weighted by atomic mass is 35.5. The minimum Gasteiger partial charge on any atom is -0.371 e. The van der Waals surface area contributed by atoms with Gasteiger partial charge in [-0.2, -0.15) is 0 Å². The van der Waals surface area contributed by atoms with Crippen LogP contribution in [-0.4, -0.2) is 26.2 Å². The molecule has 1 fully saturated rings. The van der Waals surface area contributed by atoms with Gasteiger partial charge in [0.25, 0.3) is 0 Å². The second-order valence-electron chi connectivity index (χ2n) is 4.04. The molecular weight excluding hydrogens is 243 g/mol. The van der Waals surface area contributed by atoms with Crippen LogP contribution in [0.4, 0.5) is 5.69 Å². The molecule has 0 atom stereocenters. The summed E-state index contributed by atoms with van der Waals surface area (Å²) < 4.78 is 0. The second kappa shape index (κ2) is 5.76. The number of halogens is 2. The van der Waals surface area contributed by atoms with Crippen LogP contribution in [0.15, 0.2) is 18.2 Å². The summed E-state index contributed by atoms with van der Waals surface area (Å²) in [7, 11) is 0. The lowest BCUT2D eigenvalue weighted by molar-refractivity contribution is 0.567. The Hall–Kier alpha value is -0.440. The lowest BCUT2D eigenvalue weighted by Crippen LogP contribution is -2.33. The first-order chi connectivity index (χ1) is 7.77. The molecule has 88 valence electrons. The van der Waals surface area contributed by atoms with Crippen molar-refractivity contribution < 1.29 is 0 Å². The van der Waals surface area contributed by atoms with Gasteiger partial charge in [-0.1, -0.05) is 23.2 Å². The summed E-state index contributed by atoms with van der Waals surface area (Å²) in [5.41, 5.74) is 1.18. The quantitative estimate of drug-likeness (QED) is 0.833. The zero-order chi connectivity index (χ0) is 11.4. The van der Waals surface area contributed by atoms with Crippen LogP contribution in [-0.2, 0) is 0 Å². The first-order valence-corrected chi connectivity index (χ1v) is 6.44. The van der Waals surface area contributed by atoms with E-state index in [1.165, 1.54) is 18.5 Å². The maximum atomic E-state index is 6.04. The Bertz CT molecular complexity index is 347. The summed E-state index contributed by atoms with van der Waals surface area (Å²) in [6.45, 7) is 4.34. The van der Waals surface area contributed by atoms with Crippen molar-refractivity contribution in [1.82, 2.24) is 5.32 Å². The normalized spacial score (nSPS) is 18.0. The summed E-state index contributed by atoms with van der Waals surface area (Å²) in [6.07, 6.45) is 2.33. The van der Waals surface area contributed by atoms with Gasteiger partial charge in [0.1, 0.15) is 0 Å². The third-order valence-electron chi connectivity index (χ3n) is 2.83. The number of rotatable bonds is 1. The largest absolute Gasteiger partial charge is 0.371 e. The number of hydrogen-bond donors (Lipinski definition) is 1. The second-order valence-corrected chi connectivity index (χ2v) is 4.86. The van der Waals surface area contributed by atoms with E-state index in [1.54, 1.807) is 0 Å². The number of hydrogen-bond acceptors (Lipinski definition) is 2. The van der Waals surface area contributed by atoms with Crippen molar-refractivity contribution in [3.05, 3.63) is 28.2 Å². The lowest BCUT2D eigenvalue weighted by atomic mass is 10.2. The van der Waals surface area contributed by atoms with E-state index >= 15 is 0 Å². The van der Waals surface area contributed by atoms with Crippen LogP contribution in [0.5, 0.6) is 0 Å². The molecule has 1 aliphatic heterocycles. The van der Waals surface area contributed by atoms with Gasteiger partial charge in [0.05, 0.1) is 10.0 Å². The molecule has 2 nitrogen and oxygen atoms in total. The zero-order valence-electron chi connectivity index (χ0n) is 9.18. The Morgan fingerprint density at radius 1 is 1.00 bits per heavy atom. The van der Waals surface area contributed by atoms with E-state index in [4.69, 9.17) is 23.2 Å². The van der Waals surface area contributed by atoms with Crippen molar-refractivity contribution in [3.63, 3.8) is 0 Å². The molecule has 1 aliphatic rings. The molecule has 0 aliphatic carbocycles. The summed E-state index contributed by atoms with van der Waals surface area (Å²) in [6, 6.07) is 5.87. The van der Waals surface area contributed by atoms with Gasteiger partial charge in [-0.15, -0.1) is 0 Å². The Morgan fingerprint density at radius 3 is 2.31 bits per heavy atom. The average Bonchev–Trinajstić information content (AvgIpc) is 2.22. The fourth-order valence-corrected chi connectivity index (χ4v) is 2.26. The fraction of sp³-hybridized carbons (Fsp3) is 0.500. The highest BCUT2D eigenvalue weighted by molar-refractivity contribution is 6.42. The molecule has 1 saturated heterocycles. The van der Waals surface area contributed by atoms with E-state index in [9.17, 15) is 0 Å². The molecule has 1 N–H and O–H groups in total. The van der Waals surface area contributed by atoms with Crippen molar-refractivity contribution in [2.75, 3.05) is 31.1 Å². The van der Waals surface area contributed by atoms with E-state index in [1.807, 2.05) is 18.2 Å². The molecule has 1 aromatic carbocycles. The van der Waals surface area contributed by atoms with E-state index in [0.29, 0.717) is 10.0 Å². The molecular formula is C12H16Cl2N2. The fourth-order valence-electron chi connectivity index (χ4n) is 1.97. The van der Waals surface area contributed by atoms with Gasteiger partial charge < -0.3 is 10.2 Å². The summed E-state index contributed by atoms with van der Waals surface area (Å²) >= 11 is 12.0. The molecule has 16 heavy (non-hydrogen) atoms. The number of nitrogens with zero attached hydrogens (tertiary/aromatic N) is 1. The maximum absolute atomic E-state index is 6.04. The molecule has 2 rings (SSSR count). The molecule has 0 unspecified atom stereocenters. The van der Waals surface area contributed by atoms with Gasteiger partial charge in [-0.05, 0) is 44.1 Å². The minimum absolute atomic E-state index is 0.624. The molecule has 0 spiro atoms. The van der Waals surface area contributed by atoms with Gasteiger partial charge >= 0.3 is 0 Å². The smallest absolute Gasteiger partial charge is 0.0612 e. The topological polar surface area (TPSA) is 15.3 Å². The van der Waals surface area contributed by atoms with Crippen LogP contribution in [0.3, 0.4) is 0 Å². The van der Waals surface area contributed by atoms with E-state index in [0.717, 1.165) is 26.2 Å². The third kappa shape index (κ3) is 3.03. The molecule has 0 aromatic heterocycles. The highest BCUT2D eigenvalue weighted by Gasteiger charge is 2.09. The van der Waals surface area contributed by atoms with Crippen molar-refractivity contribution >= 4 is 28.9 Å². The van der Waals surface area contributed by atoms with Gasteiger partial charge in [0.15, 0.2) is 0 Å². The Kier molecular flexibility index (Phi) is 4.33. The Balaban J connectivity index is 2.11. The van der Waals surface area contributed by atoms with Crippen LogP contribution in [0.1, 0.15) is 12.8 Å². The number of nitrogens with one attached hydrogen (secondary N) is 1. The lowest BCUT2D eigenvalue weighted by Gasteiger charge is -2.27. The van der Waals surface area contributed by atoms with Crippen LogP contribution in [0.2, 0.25) is 10.0 Å². The number of benzene rings is 1. The van der Waals surface area contributed by atoms with Crippen LogP contribution in [0, 0.1) is 0 Å². The van der Waals surface area contributed by atoms with Gasteiger partial charge in [0.2, 0.25) is 0 Å². The minimum atomic E-state index is 0.624.